The molecule has 1 aromatic rings. The van der Waals surface area contributed by atoms with E-state index in [-0.39, 0.29) is 5.41 Å². The van der Waals surface area contributed by atoms with Gasteiger partial charge in [0.25, 0.3) is 0 Å². The summed E-state index contributed by atoms with van der Waals surface area (Å²) < 4.78 is 0. The highest BCUT2D eigenvalue weighted by atomic mass is 79.9. The molecule has 0 aliphatic rings. The Morgan fingerprint density at radius 1 is 1.21 bits per heavy atom. The fraction of sp³-hybridized carbons (Fsp3) is 0.538. The minimum Gasteiger partial charge on any atom is -0.0924 e. The van der Waals surface area contributed by atoms with Gasteiger partial charge in [0.15, 0.2) is 0 Å². The molecule has 0 aliphatic heterocycles. The predicted octanol–water partition coefficient (Wildman–Crippen LogP) is 4.23. The fourth-order valence-corrected chi connectivity index (χ4v) is 1.97. The maximum Gasteiger partial charge on any atom is 0.00719 e. The van der Waals surface area contributed by atoms with Crippen molar-refractivity contribution in [2.24, 2.45) is 0 Å². The number of rotatable bonds is 2. The van der Waals surface area contributed by atoms with Crippen LogP contribution in [0.3, 0.4) is 0 Å². The molecule has 14 heavy (non-hydrogen) atoms. The quantitative estimate of drug-likeness (QED) is 0.694. The summed E-state index contributed by atoms with van der Waals surface area (Å²) in [6.07, 6.45) is 1.12. The van der Waals surface area contributed by atoms with Crippen molar-refractivity contribution in [1.29, 1.82) is 0 Å². The number of hydrogen-bond donors (Lipinski definition) is 0. The summed E-state index contributed by atoms with van der Waals surface area (Å²) in [5.74, 6) is 0. The van der Waals surface area contributed by atoms with Crippen LogP contribution in [0.25, 0.3) is 0 Å². The zero-order chi connectivity index (χ0) is 10.8. The first-order valence-corrected chi connectivity index (χ1v) is 6.23. The van der Waals surface area contributed by atoms with E-state index < -0.39 is 0 Å². The van der Waals surface area contributed by atoms with Gasteiger partial charge < -0.3 is 0 Å². The first kappa shape index (κ1) is 11.8. The smallest absolute Gasteiger partial charge is 0.00719 e. The van der Waals surface area contributed by atoms with Gasteiger partial charge in [-0.3, -0.25) is 0 Å². The van der Waals surface area contributed by atoms with Crippen LogP contribution in [-0.4, -0.2) is 5.33 Å². The molecular weight excluding hydrogens is 236 g/mol. The highest BCUT2D eigenvalue weighted by Gasteiger charge is 2.13. The van der Waals surface area contributed by atoms with Crippen molar-refractivity contribution in [3.63, 3.8) is 0 Å². The Kier molecular flexibility index (Phi) is 3.77. The fourth-order valence-electron chi connectivity index (χ4n) is 1.54. The predicted molar refractivity (Wildman–Crippen MR) is 67.4 cm³/mol. The number of benzene rings is 1. The lowest BCUT2D eigenvalue weighted by molar-refractivity contribution is 0.589. The molecule has 0 aliphatic carbocycles. The minimum absolute atomic E-state index is 0.262. The van der Waals surface area contributed by atoms with E-state index in [0.29, 0.717) is 0 Å². The number of alkyl halides is 1. The van der Waals surface area contributed by atoms with E-state index in [1.807, 2.05) is 0 Å². The van der Waals surface area contributed by atoms with Gasteiger partial charge in [-0.05, 0) is 35.4 Å². The lowest BCUT2D eigenvalue weighted by Gasteiger charge is -2.20. The Labute approximate surface area is 95.9 Å². The summed E-state index contributed by atoms with van der Waals surface area (Å²) in [4.78, 5) is 0. The third-order valence-electron chi connectivity index (χ3n) is 2.57. The summed E-state index contributed by atoms with van der Waals surface area (Å²) in [5, 5.41) is 1.04. The molecule has 1 rings (SSSR count). The van der Waals surface area contributed by atoms with Gasteiger partial charge in [0.1, 0.15) is 0 Å². The van der Waals surface area contributed by atoms with E-state index in [1.165, 1.54) is 16.7 Å². The van der Waals surface area contributed by atoms with E-state index in [1.54, 1.807) is 0 Å². The SMILES string of the molecule is Cc1cc(C(C)(C)C)ccc1CCBr. The van der Waals surface area contributed by atoms with Gasteiger partial charge in [-0.25, -0.2) is 0 Å². The number of hydrogen-bond acceptors (Lipinski definition) is 0. The van der Waals surface area contributed by atoms with Crippen molar-refractivity contribution >= 4 is 15.9 Å². The molecule has 0 saturated heterocycles. The van der Waals surface area contributed by atoms with Crippen LogP contribution in [0.2, 0.25) is 0 Å². The van der Waals surface area contributed by atoms with Crippen molar-refractivity contribution in [2.75, 3.05) is 5.33 Å². The van der Waals surface area contributed by atoms with Gasteiger partial charge in [-0.15, -0.1) is 0 Å². The Morgan fingerprint density at radius 3 is 2.29 bits per heavy atom. The summed E-state index contributed by atoms with van der Waals surface area (Å²) in [6, 6.07) is 6.83. The van der Waals surface area contributed by atoms with Crippen LogP contribution in [0.4, 0.5) is 0 Å². The molecule has 0 radical (unpaired) electrons. The molecule has 0 nitrogen and oxygen atoms in total. The second kappa shape index (κ2) is 4.48. The Morgan fingerprint density at radius 2 is 1.86 bits per heavy atom. The number of aryl methyl sites for hydroxylation is 2. The highest BCUT2D eigenvalue weighted by molar-refractivity contribution is 9.09. The molecule has 0 unspecified atom stereocenters. The average molecular weight is 255 g/mol. The third kappa shape index (κ3) is 2.84. The molecule has 0 N–H and O–H groups in total. The van der Waals surface area contributed by atoms with E-state index in [4.69, 9.17) is 0 Å². The molecule has 0 amide bonds. The van der Waals surface area contributed by atoms with Gasteiger partial charge in [0, 0.05) is 5.33 Å². The van der Waals surface area contributed by atoms with Crippen LogP contribution < -0.4 is 0 Å². The van der Waals surface area contributed by atoms with Crippen molar-refractivity contribution in [3.05, 3.63) is 34.9 Å². The summed E-state index contributed by atoms with van der Waals surface area (Å²) in [7, 11) is 0. The molecule has 78 valence electrons. The topological polar surface area (TPSA) is 0 Å². The minimum atomic E-state index is 0.262. The zero-order valence-corrected chi connectivity index (χ0v) is 11.1. The van der Waals surface area contributed by atoms with Crippen molar-refractivity contribution in [2.45, 2.75) is 39.5 Å². The van der Waals surface area contributed by atoms with Gasteiger partial charge in [-0.2, -0.15) is 0 Å². The molecular formula is C13H19Br. The lowest BCUT2D eigenvalue weighted by atomic mass is 9.85. The van der Waals surface area contributed by atoms with Crippen molar-refractivity contribution in [3.8, 4) is 0 Å². The maximum atomic E-state index is 3.48. The summed E-state index contributed by atoms with van der Waals surface area (Å²) in [5.41, 5.74) is 4.55. The molecule has 0 spiro atoms. The molecule has 0 heterocycles. The second-order valence-electron chi connectivity index (χ2n) is 4.83. The molecule has 0 aromatic heterocycles. The molecule has 1 heteroatoms. The van der Waals surface area contributed by atoms with E-state index in [2.05, 4.69) is 61.8 Å². The zero-order valence-electron chi connectivity index (χ0n) is 9.52. The van der Waals surface area contributed by atoms with Crippen LogP contribution in [-0.2, 0) is 11.8 Å². The van der Waals surface area contributed by atoms with E-state index >= 15 is 0 Å². The van der Waals surface area contributed by atoms with E-state index in [0.717, 1.165) is 11.8 Å². The van der Waals surface area contributed by atoms with Crippen LogP contribution in [0.15, 0.2) is 18.2 Å². The average Bonchev–Trinajstić information content (AvgIpc) is 2.07. The van der Waals surface area contributed by atoms with Gasteiger partial charge in [0.05, 0.1) is 0 Å². The molecule has 0 atom stereocenters. The molecule has 0 bridgehead atoms. The highest BCUT2D eigenvalue weighted by Crippen LogP contribution is 2.24. The first-order valence-electron chi connectivity index (χ1n) is 5.11. The standard InChI is InChI=1S/C13H19Br/c1-10-9-12(13(2,3)4)6-5-11(10)7-8-14/h5-6,9H,7-8H2,1-4H3. The number of halogens is 1. The first-order chi connectivity index (χ1) is 6.45. The summed E-state index contributed by atoms with van der Waals surface area (Å²) >= 11 is 3.48. The summed E-state index contributed by atoms with van der Waals surface area (Å²) in [6.45, 7) is 8.97. The van der Waals surface area contributed by atoms with Crippen LogP contribution in [0.5, 0.6) is 0 Å². The van der Waals surface area contributed by atoms with Gasteiger partial charge in [-0.1, -0.05) is 54.9 Å². The molecule has 0 saturated carbocycles. The van der Waals surface area contributed by atoms with Gasteiger partial charge in [0.2, 0.25) is 0 Å². The van der Waals surface area contributed by atoms with E-state index in [9.17, 15) is 0 Å². The Bertz CT molecular complexity index is 308. The van der Waals surface area contributed by atoms with Crippen LogP contribution in [0.1, 0.15) is 37.5 Å². The van der Waals surface area contributed by atoms with Crippen LogP contribution >= 0.6 is 15.9 Å². The monoisotopic (exact) mass is 254 g/mol. The van der Waals surface area contributed by atoms with Crippen molar-refractivity contribution < 1.29 is 0 Å². The van der Waals surface area contributed by atoms with Gasteiger partial charge >= 0.3 is 0 Å². The van der Waals surface area contributed by atoms with Crippen molar-refractivity contribution in [1.82, 2.24) is 0 Å². The lowest BCUT2D eigenvalue weighted by Crippen LogP contribution is -2.11. The largest absolute Gasteiger partial charge is 0.0924 e. The Hall–Kier alpha value is -0.300. The third-order valence-corrected chi connectivity index (χ3v) is 2.97. The molecule has 1 aromatic carbocycles. The molecule has 0 fully saturated rings. The maximum absolute atomic E-state index is 3.48. The van der Waals surface area contributed by atoms with Crippen LogP contribution in [0, 0.1) is 6.92 Å². The Balaban J connectivity index is 3.01. The second-order valence-corrected chi connectivity index (χ2v) is 5.62. The normalized spacial score (nSPS) is 11.8.